The molecule has 1 fully saturated rings. The number of amides is 1. The summed E-state index contributed by atoms with van der Waals surface area (Å²) >= 11 is 0. The van der Waals surface area contributed by atoms with Gasteiger partial charge in [0, 0.05) is 22.7 Å². The smallest absolute Gasteiger partial charge is 0.255 e. The van der Waals surface area contributed by atoms with E-state index in [0.29, 0.717) is 41.1 Å². The van der Waals surface area contributed by atoms with Crippen LogP contribution in [0, 0.1) is 0 Å². The molecule has 1 heterocycles. The number of hydrogen-bond acceptors (Lipinski definition) is 5. The molecule has 1 aliphatic rings. The molecule has 1 saturated carbocycles. The maximum atomic E-state index is 12.8. The fraction of sp³-hybridized carbons (Fsp3) is 0.192. The van der Waals surface area contributed by atoms with Gasteiger partial charge in [-0.1, -0.05) is 30.3 Å². The molecule has 33 heavy (non-hydrogen) atoms. The third-order valence-corrected chi connectivity index (χ3v) is 5.53. The molecule has 0 radical (unpaired) electrons. The Morgan fingerprint density at radius 2 is 1.82 bits per heavy atom. The van der Waals surface area contributed by atoms with Gasteiger partial charge in [0.1, 0.15) is 12.4 Å². The Kier molecular flexibility index (Phi) is 5.76. The SMILES string of the molecule is COc1cc(C(=O)Nc2ccc(-c3n[nH]c(C4CC4)n3)cc2)ccc1OCc1ccccc1. The number of carbonyl (C=O) groups is 1. The average Bonchev–Trinajstić information content (AvgIpc) is 3.60. The predicted molar refractivity (Wildman–Crippen MR) is 126 cm³/mol. The molecule has 166 valence electrons. The predicted octanol–water partition coefficient (Wildman–Crippen LogP) is 5.19. The topological polar surface area (TPSA) is 89.1 Å². The maximum absolute atomic E-state index is 12.8. The van der Waals surface area contributed by atoms with Gasteiger partial charge in [-0.15, -0.1) is 0 Å². The van der Waals surface area contributed by atoms with Crippen molar-refractivity contribution in [3.05, 3.63) is 89.7 Å². The van der Waals surface area contributed by atoms with Gasteiger partial charge >= 0.3 is 0 Å². The van der Waals surface area contributed by atoms with Gasteiger partial charge in [0.15, 0.2) is 17.3 Å². The fourth-order valence-corrected chi connectivity index (χ4v) is 3.51. The van der Waals surface area contributed by atoms with E-state index in [0.717, 1.165) is 17.0 Å². The molecule has 0 spiro atoms. The summed E-state index contributed by atoms with van der Waals surface area (Å²) in [5.41, 5.74) is 3.12. The summed E-state index contributed by atoms with van der Waals surface area (Å²) in [7, 11) is 1.56. The van der Waals surface area contributed by atoms with E-state index in [1.54, 1.807) is 25.3 Å². The lowest BCUT2D eigenvalue weighted by molar-refractivity contribution is 0.102. The molecule has 0 aliphatic heterocycles. The summed E-state index contributed by atoms with van der Waals surface area (Å²) < 4.78 is 11.3. The number of aromatic amines is 1. The zero-order valence-corrected chi connectivity index (χ0v) is 18.2. The first-order valence-electron chi connectivity index (χ1n) is 10.9. The quantitative estimate of drug-likeness (QED) is 0.394. The van der Waals surface area contributed by atoms with Crippen molar-refractivity contribution in [1.82, 2.24) is 15.2 Å². The van der Waals surface area contributed by atoms with Crippen LogP contribution in [0.2, 0.25) is 0 Å². The Labute approximate surface area is 191 Å². The number of anilines is 1. The number of nitrogens with zero attached hydrogens (tertiary/aromatic N) is 2. The van der Waals surface area contributed by atoms with Crippen LogP contribution >= 0.6 is 0 Å². The molecule has 1 aliphatic carbocycles. The Balaban J connectivity index is 1.24. The van der Waals surface area contributed by atoms with E-state index in [2.05, 4.69) is 20.5 Å². The summed E-state index contributed by atoms with van der Waals surface area (Å²) in [5.74, 6) is 3.00. The maximum Gasteiger partial charge on any atom is 0.255 e. The van der Waals surface area contributed by atoms with Gasteiger partial charge in [-0.2, -0.15) is 5.10 Å². The van der Waals surface area contributed by atoms with Crippen LogP contribution in [-0.2, 0) is 6.61 Å². The van der Waals surface area contributed by atoms with Crippen molar-refractivity contribution in [3.63, 3.8) is 0 Å². The largest absolute Gasteiger partial charge is 0.493 e. The number of ether oxygens (including phenoxy) is 2. The Bertz CT molecular complexity index is 1250. The molecule has 2 N–H and O–H groups in total. The fourth-order valence-electron chi connectivity index (χ4n) is 3.51. The van der Waals surface area contributed by atoms with Crippen LogP contribution in [0.4, 0.5) is 5.69 Å². The van der Waals surface area contributed by atoms with Crippen LogP contribution in [0.1, 0.15) is 40.5 Å². The Morgan fingerprint density at radius 1 is 1.03 bits per heavy atom. The van der Waals surface area contributed by atoms with E-state index in [-0.39, 0.29) is 5.91 Å². The van der Waals surface area contributed by atoms with Gasteiger partial charge in [0.25, 0.3) is 5.91 Å². The van der Waals surface area contributed by atoms with Crippen molar-refractivity contribution in [2.24, 2.45) is 0 Å². The van der Waals surface area contributed by atoms with Crippen LogP contribution in [0.3, 0.4) is 0 Å². The molecule has 0 saturated heterocycles. The minimum atomic E-state index is -0.232. The van der Waals surface area contributed by atoms with Crippen molar-refractivity contribution >= 4 is 11.6 Å². The molecule has 1 amide bonds. The second-order valence-corrected chi connectivity index (χ2v) is 7.99. The number of methoxy groups -OCH3 is 1. The van der Waals surface area contributed by atoms with Crippen molar-refractivity contribution < 1.29 is 14.3 Å². The average molecular weight is 441 g/mol. The molecule has 1 aromatic heterocycles. The third-order valence-electron chi connectivity index (χ3n) is 5.53. The second-order valence-electron chi connectivity index (χ2n) is 7.99. The first kappa shape index (κ1) is 20.8. The molecular weight excluding hydrogens is 416 g/mol. The molecule has 3 aromatic carbocycles. The number of hydrogen-bond donors (Lipinski definition) is 2. The monoisotopic (exact) mass is 440 g/mol. The van der Waals surface area contributed by atoms with Crippen molar-refractivity contribution in [1.29, 1.82) is 0 Å². The van der Waals surface area contributed by atoms with Crippen LogP contribution in [0.5, 0.6) is 11.5 Å². The first-order valence-corrected chi connectivity index (χ1v) is 10.9. The van der Waals surface area contributed by atoms with E-state index in [9.17, 15) is 4.79 Å². The first-order chi connectivity index (χ1) is 16.2. The molecule has 0 unspecified atom stereocenters. The standard InChI is InChI=1S/C26H24N4O3/c1-32-23-15-20(11-14-22(23)33-16-17-5-3-2-4-6-17)26(31)27-21-12-9-19(10-13-21)25-28-24(29-30-25)18-7-8-18/h2-6,9-15,18H,7-8,16H2,1H3,(H,27,31)(H,28,29,30). The summed E-state index contributed by atoms with van der Waals surface area (Å²) in [6.07, 6.45) is 2.34. The highest BCUT2D eigenvalue weighted by Gasteiger charge is 2.27. The van der Waals surface area contributed by atoms with Gasteiger partial charge in [0.2, 0.25) is 0 Å². The molecule has 7 nitrogen and oxygen atoms in total. The van der Waals surface area contributed by atoms with Crippen molar-refractivity contribution in [3.8, 4) is 22.9 Å². The molecular formula is C26H24N4O3. The van der Waals surface area contributed by atoms with Gasteiger partial charge in [0.05, 0.1) is 7.11 Å². The molecule has 0 bridgehead atoms. The number of rotatable bonds is 8. The molecule has 5 rings (SSSR count). The zero-order valence-electron chi connectivity index (χ0n) is 18.2. The minimum Gasteiger partial charge on any atom is -0.493 e. The lowest BCUT2D eigenvalue weighted by atomic mass is 10.1. The highest BCUT2D eigenvalue weighted by atomic mass is 16.5. The highest BCUT2D eigenvalue weighted by Crippen LogP contribution is 2.38. The van der Waals surface area contributed by atoms with Gasteiger partial charge in [-0.05, 0) is 60.9 Å². The van der Waals surface area contributed by atoms with E-state index in [1.807, 2.05) is 54.6 Å². The van der Waals surface area contributed by atoms with Crippen LogP contribution in [-0.4, -0.2) is 28.2 Å². The molecule has 0 atom stereocenters. The number of aromatic nitrogens is 3. The van der Waals surface area contributed by atoms with E-state index >= 15 is 0 Å². The Hall–Kier alpha value is -4.13. The number of carbonyl (C=O) groups excluding carboxylic acids is 1. The van der Waals surface area contributed by atoms with E-state index in [4.69, 9.17) is 9.47 Å². The summed E-state index contributed by atoms with van der Waals surface area (Å²) in [4.78, 5) is 17.3. The van der Waals surface area contributed by atoms with Crippen molar-refractivity contribution in [2.45, 2.75) is 25.4 Å². The molecule has 7 heteroatoms. The van der Waals surface area contributed by atoms with Gasteiger partial charge in [-0.25, -0.2) is 4.98 Å². The lowest BCUT2D eigenvalue weighted by Crippen LogP contribution is -2.12. The van der Waals surface area contributed by atoms with Crippen LogP contribution < -0.4 is 14.8 Å². The zero-order chi connectivity index (χ0) is 22.6. The summed E-state index contributed by atoms with van der Waals surface area (Å²) in [5, 5.41) is 10.2. The highest BCUT2D eigenvalue weighted by molar-refractivity contribution is 6.04. The van der Waals surface area contributed by atoms with Crippen molar-refractivity contribution in [2.75, 3.05) is 12.4 Å². The van der Waals surface area contributed by atoms with E-state index in [1.165, 1.54) is 12.8 Å². The minimum absolute atomic E-state index is 0.232. The van der Waals surface area contributed by atoms with Gasteiger partial charge in [-0.3, -0.25) is 9.89 Å². The van der Waals surface area contributed by atoms with Gasteiger partial charge < -0.3 is 14.8 Å². The van der Waals surface area contributed by atoms with Crippen LogP contribution in [0.15, 0.2) is 72.8 Å². The third kappa shape index (κ3) is 4.87. The summed E-state index contributed by atoms with van der Waals surface area (Å²) in [6.45, 7) is 0.419. The second kappa shape index (κ2) is 9.16. The lowest BCUT2D eigenvalue weighted by Gasteiger charge is -2.12. The Morgan fingerprint density at radius 3 is 2.55 bits per heavy atom. The number of H-pyrrole nitrogens is 1. The summed E-state index contributed by atoms with van der Waals surface area (Å²) in [6, 6.07) is 22.5. The number of benzene rings is 3. The molecule has 4 aromatic rings. The van der Waals surface area contributed by atoms with E-state index < -0.39 is 0 Å². The number of nitrogens with one attached hydrogen (secondary N) is 2. The van der Waals surface area contributed by atoms with Crippen LogP contribution in [0.25, 0.3) is 11.4 Å². The normalized spacial score (nSPS) is 12.9.